The third kappa shape index (κ3) is 5.15. The number of amides is 1. The molecule has 1 aromatic heterocycles. The summed E-state index contributed by atoms with van der Waals surface area (Å²) in [5.74, 6) is -0.557. The molecule has 1 fully saturated rings. The first-order valence-corrected chi connectivity index (χ1v) is 13.8. The number of anilines is 1. The Kier molecular flexibility index (Phi) is 7.20. The van der Waals surface area contributed by atoms with Crippen LogP contribution in [0.15, 0.2) is 34.0 Å². The van der Waals surface area contributed by atoms with Crippen LogP contribution in [0.2, 0.25) is 5.02 Å². The standard InChI is InChI=1S/C27H26ClF2N5O3S/c1-27(2,3)38-26(37)33-8-9-34(16(14-33)6-7-31)24-18-13-19(28)21(17-5-4-15(29)12-20(17)30)23-22(18)35(10-11-39-23)25(36)32-24/h4-5,12-13,16H,6,8-11,14H2,1-3H3/t16-/m1/s1. The quantitative estimate of drug-likeness (QED) is 0.412. The van der Waals surface area contributed by atoms with E-state index >= 15 is 0 Å². The molecule has 8 nitrogen and oxygen atoms in total. The summed E-state index contributed by atoms with van der Waals surface area (Å²) in [7, 11) is 0. The molecule has 0 unspecified atom stereocenters. The zero-order valence-corrected chi connectivity index (χ0v) is 23.2. The fraction of sp³-hybridized carbons (Fsp3) is 0.407. The highest BCUT2D eigenvalue weighted by Gasteiger charge is 2.35. The van der Waals surface area contributed by atoms with Crippen molar-refractivity contribution in [1.82, 2.24) is 14.5 Å². The van der Waals surface area contributed by atoms with Gasteiger partial charge in [0.1, 0.15) is 23.1 Å². The molecule has 1 atom stereocenters. The van der Waals surface area contributed by atoms with E-state index in [4.69, 9.17) is 16.3 Å². The average molecular weight is 574 g/mol. The Bertz CT molecular complexity index is 1580. The molecule has 3 aromatic rings. The van der Waals surface area contributed by atoms with E-state index in [1.807, 2.05) is 4.90 Å². The zero-order valence-electron chi connectivity index (χ0n) is 21.6. The van der Waals surface area contributed by atoms with Crippen molar-refractivity contribution in [3.05, 3.63) is 51.4 Å². The molecule has 204 valence electrons. The van der Waals surface area contributed by atoms with E-state index in [1.165, 1.54) is 23.9 Å². The molecule has 2 aliphatic rings. The summed E-state index contributed by atoms with van der Waals surface area (Å²) in [5, 5.41) is 10.4. The molecule has 1 saturated heterocycles. The normalized spacial score (nSPS) is 17.3. The lowest BCUT2D eigenvalue weighted by molar-refractivity contribution is 0.0215. The van der Waals surface area contributed by atoms with Crippen molar-refractivity contribution in [2.24, 2.45) is 0 Å². The van der Waals surface area contributed by atoms with Gasteiger partial charge in [-0.15, -0.1) is 11.8 Å². The lowest BCUT2D eigenvalue weighted by Gasteiger charge is -2.42. The van der Waals surface area contributed by atoms with Crippen LogP contribution in [0.1, 0.15) is 27.2 Å². The van der Waals surface area contributed by atoms with Gasteiger partial charge in [-0.05, 0) is 39.0 Å². The van der Waals surface area contributed by atoms with Gasteiger partial charge in [-0.3, -0.25) is 4.57 Å². The summed E-state index contributed by atoms with van der Waals surface area (Å²) in [6, 6.07) is 6.68. The third-order valence-electron chi connectivity index (χ3n) is 6.65. The highest BCUT2D eigenvalue weighted by atomic mass is 35.5. The molecule has 3 heterocycles. The van der Waals surface area contributed by atoms with Crippen molar-refractivity contribution in [3.8, 4) is 17.2 Å². The summed E-state index contributed by atoms with van der Waals surface area (Å²) >= 11 is 8.20. The van der Waals surface area contributed by atoms with Crippen LogP contribution in [-0.4, -0.2) is 57.6 Å². The van der Waals surface area contributed by atoms with Crippen LogP contribution in [0.5, 0.6) is 0 Å². The Morgan fingerprint density at radius 1 is 1.26 bits per heavy atom. The van der Waals surface area contributed by atoms with Crippen molar-refractivity contribution < 1.29 is 18.3 Å². The van der Waals surface area contributed by atoms with E-state index in [0.717, 1.165) is 6.07 Å². The van der Waals surface area contributed by atoms with Crippen LogP contribution in [0.25, 0.3) is 22.0 Å². The summed E-state index contributed by atoms with van der Waals surface area (Å²) in [6.45, 7) is 6.59. The minimum Gasteiger partial charge on any atom is -0.444 e. The van der Waals surface area contributed by atoms with E-state index in [1.54, 1.807) is 36.3 Å². The summed E-state index contributed by atoms with van der Waals surface area (Å²) in [4.78, 5) is 34.4. The number of thioether (sulfide) groups is 1. The molecule has 0 aliphatic carbocycles. The highest BCUT2D eigenvalue weighted by Crippen LogP contribution is 2.46. The van der Waals surface area contributed by atoms with Crippen molar-refractivity contribution >= 4 is 46.2 Å². The van der Waals surface area contributed by atoms with Crippen molar-refractivity contribution in [3.63, 3.8) is 0 Å². The number of benzene rings is 2. The van der Waals surface area contributed by atoms with E-state index in [-0.39, 0.29) is 23.6 Å². The number of aryl methyl sites for hydroxylation is 1. The number of rotatable bonds is 3. The maximum Gasteiger partial charge on any atom is 0.410 e. The minimum atomic E-state index is -0.755. The van der Waals surface area contributed by atoms with Gasteiger partial charge >= 0.3 is 11.8 Å². The summed E-state index contributed by atoms with van der Waals surface area (Å²) < 4.78 is 35.6. The molecule has 39 heavy (non-hydrogen) atoms. The number of hydrogen-bond donors (Lipinski definition) is 0. The maximum absolute atomic E-state index is 14.9. The number of nitriles is 1. The molecule has 2 aliphatic heterocycles. The average Bonchev–Trinajstić information content (AvgIpc) is 2.86. The van der Waals surface area contributed by atoms with Crippen LogP contribution in [0.3, 0.4) is 0 Å². The predicted molar refractivity (Wildman–Crippen MR) is 146 cm³/mol. The van der Waals surface area contributed by atoms with Crippen molar-refractivity contribution in [2.45, 2.75) is 50.3 Å². The second-order valence-corrected chi connectivity index (χ2v) is 11.9. The predicted octanol–water partition coefficient (Wildman–Crippen LogP) is 5.44. The van der Waals surface area contributed by atoms with Crippen LogP contribution < -0.4 is 10.6 Å². The largest absolute Gasteiger partial charge is 0.444 e. The Hall–Kier alpha value is -3.36. The van der Waals surface area contributed by atoms with Gasteiger partial charge in [0.05, 0.1) is 29.1 Å². The van der Waals surface area contributed by atoms with E-state index < -0.39 is 35.1 Å². The molecule has 5 rings (SSSR count). The molecule has 0 N–H and O–H groups in total. The SMILES string of the molecule is CC(C)(C)OC(=O)N1CCN(c2nc(=O)n3c4c(c(-c5ccc(F)cc5F)c(Cl)cc24)SCC3)[C@H](CC#N)C1. The van der Waals surface area contributed by atoms with E-state index in [9.17, 15) is 23.6 Å². The number of piperazine rings is 1. The topological polar surface area (TPSA) is 91.5 Å². The maximum atomic E-state index is 14.9. The van der Waals surface area contributed by atoms with Gasteiger partial charge in [0, 0.05) is 59.4 Å². The van der Waals surface area contributed by atoms with Crippen molar-refractivity contribution in [2.75, 3.05) is 30.3 Å². The smallest absolute Gasteiger partial charge is 0.410 e. The van der Waals surface area contributed by atoms with Gasteiger partial charge in [0.25, 0.3) is 0 Å². The van der Waals surface area contributed by atoms with Crippen LogP contribution >= 0.6 is 23.4 Å². The summed E-state index contributed by atoms with van der Waals surface area (Å²) in [6.07, 6.45) is -0.389. The number of halogens is 3. The molecule has 12 heteroatoms. The minimum absolute atomic E-state index is 0.0831. The van der Waals surface area contributed by atoms with E-state index in [2.05, 4.69) is 11.1 Å². The highest BCUT2D eigenvalue weighted by molar-refractivity contribution is 7.99. The molecule has 2 aromatic carbocycles. The Labute approximate surface area is 233 Å². The first kappa shape index (κ1) is 27.2. The lowest BCUT2D eigenvalue weighted by Crippen LogP contribution is -2.56. The summed E-state index contributed by atoms with van der Waals surface area (Å²) in [5.41, 5.74) is -0.0492. The fourth-order valence-corrected chi connectivity index (χ4v) is 6.58. The van der Waals surface area contributed by atoms with Crippen LogP contribution in [0.4, 0.5) is 19.4 Å². The molecule has 1 amide bonds. The van der Waals surface area contributed by atoms with Crippen LogP contribution in [0, 0.1) is 23.0 Å². The molecule has 0 bridgehead atoms. The van der Waals surface area contributed by atoms with E-state index in [0.29, 0.717) is 52.6 Å². The van der Waals surface area contributed by atoms with Crippen molar-refractivity contribution in [1.29, 1.82) is 5.26 Å². The lowest BCUT2D eigenvalue weighted by atomic mass is 10.0. The number of ether oxygens (including phenoxy) is 1. The second-order valence-electron chi connectivity index (χ2n) is 10.4. The molecule has 0 spiro atoms. The van der Waals surface area contributed by atoms with Gasteiger partial charge in [0.2, 0.25) is 0 Å². The van der Waals surface area contributed by atoms with Gasteiger partial charge < -0.3 is 14.5 Å². The first-order valence-electron chi connectivity index (χ1n) is 12.5. The first-order chi connectivity index (χ1) is 18.5. The van der Waals surface area contributed by atoms with Gasteiger partial charge in [0.15, 0.2) is 0 Å². The number of hydrogen-bond acceptors (Lipinski definition) is 7. The molecular formula is C27H26ClF2N5O3S. The van der Waals surface area contributed by atoms with Gasteiger partial charge in [-0.2, -0.15) is 10.2 Å². The molecule has 0 radical (unpaired) electrons. The molecule has 0 saturated carbocycles. The third-order valence-corrected chi connectivity index (χ3v) is 8.02. The fourth-order valence-electron chi connectivity index (χ4n) is 5.02. The van der Waals surface area contributed by atoms with Gasteiger partial charge in [-0.25, -0.2) is 18.4 Å². The Balaban J connectivity index is 1.64. The number of aromatic nitrogens is 2. The van der Waals surface area contributed by atoms with Crippen LogP contribution in [-0.2, 0) is 11.3 Å². The molecular weight excluding hydrogens is 548 g/mol. The monoisotopic (exact) mass is 573 g/mol. The van der Waals surface area contributed by atoms with Gasteiger partial charge in [-0.1, -0.05) is 11.6 Å². The number of carbonyl (C=O) groups excluding carboxylic acids is 1. The Morgan fingerprint density at radius 2 is 2.03 bits per heavy atom. The Morgan fingerprint density at radius 3 is 2.72 bits per heavy atom. The zero-order chi connectivity index (χ0) is 28.1. The number of carbonyl (C=O) groups is 1. The second kappa shape index (κ2) is 10.3. The number of nitrogens with zero attached hydrogens (tertiary/aromatic N) is 5.